The number of nitrogens with one attached hydrogen (secondary N) is 1. The molecule has 3 aromatic carbocycles. The lowest BCUT2D eigenvalue weighted by Crippen LogP contribution is -2.22. The Labute approximate surface area is 195 Å². The number of carbonyl (C=O) groups is 1. The fourth-order valence-corrected chi connectivity index (χ4v) is 4.09. The number of rotatable bonds is 6. The molecule has 4 aromatic rings. The summed E-state index contributed by atoms with van der Waals surface area (Å²) in [6.07, 6.45) is 0. The highest BCUT2D eigenvalue weighted by atomic mass is 32.2. The van der Waals surface area contributed by atoms with Gasteiger partial charge in [0.05, 0.1) is 5.25 Å². The summed E-state index contributed by atoms with van der Waals surface area (Å²) in [5, 5.41) is 11.7. The highest BCUT2D eigenvalue weighted by Crippen LogP contribution is 2.35. The molecule has 0 unspecified atom stereocenters. The summed E-state index contributed by atoms with van der Waals surface area (Å²) in [5.74, 6) is 1.11. The second-order valence-electron chi connectivity index (χ2n) is 7.34. The second-order valence-corrected chi connectivity index (χ2v) is 8.65. The van der Waals surface area contributed by atoms with E-state index in [-0.39, 0.29) is 12.7 Å². The zero-order valence-electron chi connectivity index (χ0n) is 17.8. The van der Waals surface area contributed by atoms with Crippen LogP contribution in [0.5, 0.6) is 11.5 Å². The van der Waals surface area contributed by atoms with E-state index in [1.54, 1.807) is 18.2 Å². The number of nitrogens with zero attached hydrogens (tertiary/aromatic N) is 3. The summed E-state index contributed by atoms with van der Waals surface area (Å²) >= 11 is 1.26. The minimum absolute atomic E-state index is 0.170. The number of aromatic nitrogens is 3. The molecule has 33 heavy (non-hydrogen) atoms. The van der Waals surface area contributed by atoms with Gasteiger partial charge in [0.15, 0.2) is 11.5 Å². The Morgan fingerprint density at radius 1 is 0.879 bits per heavy atom. The van der Waals surface area contributed by atoms with Gasteiger partial charge >= 0.3 is 0 Å². The molecule has 1 amide bonds. The Hall–Kier alpha value is -3.91. The molecular weight excluding hydrogens is 436 g/mol. The number of benzene rings is 3. The number of anilines is 1. The van der Waals surface area contributed by atoms with E-state index in [1.807, 2.05) is 67.6 Å². The summed E-state index contributed by atoms with van der Waals surface area (Å²) in [7, 11) is 0. The number of amides is 1. The molecule has 1 aromatic heterocycles. The number of thioether (sulfide) groups is 1. The van der Waals surface area contributed by atoms with Gasteiger partial charge in [-0.1, -0.05) is 72.4 Å². The number of fused-ring (bicyclic) bond motifs is 1. The van der Waals surface area contributed by atoms with Crippen LogP contribution in [-0.4, -0.2) is 33.1 Å². The molecule has 8 heteroatoms. The largest absolute Gasteiger partial charge is 0.454 e. The molecule has 0 saturated heterocycles. The van der Waals surface area contributed by atoms with Crippen LogP contribution >= 0.6 is 11.8 Å². The average Bonchev–Trinajstić information content (AvgIpc) is 3.33. The molecule has 0 fully saturated rings. The molecular formula is C25H20N4O3S. The first-order valence-corrected chi connectivity index (χ1v) is 11.3. The van der Waals surface area contributed by atoms with E-state index in [4.69, 9.17) is 14.5 Å². The Kier molecular flexibility index (Phi) is 5.91. The fourth-order valence-electron chi connectivity index (χ4n) is 3.38. The third-order valence-electron chi connectivity index (χ3n) is 5.05. The molecule has 0 bridgehead atoms. The predicted octanol–water partition coefficient (Wildman–Crippen LogP) is 5.05. The van der Waals surface area contributed by atoms with Crippen molar-refractivity contribution in [3.05, 3.63) is 78.9 Å². The normalized spacial score (nSPS) is 12.9. The molecule has 7 nitrogen and oxygen atoms in total. The van der Waals surface area contributed by atoms with Gasteiger partial charge < -0.3 is 14.8 Å². The minimum Gasteiger partial charge on any atom is -0.454 e. The quantitative estimate of drug-likeness (QED) is 0.406. The lowest BCUT2D eigenvalue weighted by Gasteiger charge is -2.13. The Balaban J connectivity index is 1.37. The fraction of sp³-hybridized carbons (Fsp3) is 0.120. The Morgan fingerprint density at radius 2 is 1.55 bits per heavy atom. The third kappa shape index (κ3) is 4.65. The first-order valence-electron chi connectivity index (χ1n) is 10.4. The van der Waals surface area contributed by atoms with Crippen molar-refractivity contribution in [1.29, 1.82) is 0 Å². The highest BCUT2D eigenvalue weighted by Gasteiger charge is 2.20. The van der Waals surface area contributed by atoms with Crippen molar-refractivity contribution in [3.63, 3.8) is 0 Å². The number of hydrogen-bond acceptors (Lipinski definition) is 7. The van der Waals surface area contributed by atoms with Crippen LogP contribution in [0.25, 0.3) is 22.5 Å². The van der Waals surface area contributed by atoms with Crippen molar-refractivity contribution in [2.24, 2.45) is 0 Å². The van der Waals surface area contributed by atoms with Crippen molar-refractivity contribution in [2.45, 2.75) is 17.3 Å². The summed E-state index contributed by atoms with van der Waals surface area (Å²) in [6, 6.07) is 25.0. The van der Waals surface area contributed by atoms with Crippen LogP contribution in [0.3, 0.4) is 0 Å². The third-order valence-corrected chi connectivity index (χ3v) is 6.00. The molecule has 0 saturated carbocycles. The van der Waals surface area contributed by atoms with Crippen LogP contribution in [0.15, 0.2) is 84.0 Å². The van der Waals surface area contributed by atoms with E-state index in [2.05, 4.69) is 15.5 Å². The number of hydrogen-bond donors (Lipinski definition) is 1. The molecule has 0 radical (unpaired) electrons. The first kappa shape index (κ1) is 21.0. The zero-order valence-corrected chi connectivity index (χ0v) is 18.6. The van der Waals surface area contributed by atoms with Crippen molar-refractivity contribution < 1.29 is 14.3 Å². The molecule has 1 N–H and O–H groups in total. The Bertz CT molecular complexity index is 1290. The molecule has 0 spiro atoms. The summed E-state index contributed by atoms with van der Waals surface area (Å²) in [6.45, 7) is 2.00. The van der Waals surface area contributed by atoms with Crippen molar-refractivity contribution in [2.75, 3.05) is 12.1 Å². The number of ether oxygens (including phenoxy) is 2. The van der Waals surface area contributed by atoms with Crippen molar-refractivity contribution in [1.82, 2.24) is 15.2 Å². The smallest absolute Gasteiger partial charge is 0.237 e. The van der Waals surface area contributed by atoms with Crippen molar-refractivity contribution >= 4 is 23.4 Å². The maximum atomic E-state index is 12.8. The van der Waals surface area contributed by atoms with E-state index >= 15 is 0 Å². The van der Waals surface area contributed by atoms with Gasteiger partial charge in [0, 0.05) is 22.9 Å². The molecule has 1 aliphatic heterocycles. The van der Waals surface area contributed by atoms with E-state index in [1.165, 1.54) is 11.8 Å². The minimum atomic E-state index is -0.441. The van der Waals surface area contributed by atoms with Crippen LogP contribution in [0.4, 0.5) is 5.69 Å². The van der Waals surface area contributed by atoms with Crippen LogP contribution in [0.1, 0.15) is 6.92 Å². The molecule has 2 heterocycles. The van der Waals surface area contributed by atoms with Gasteiger partial charge in [-0.05, 0) is 19.1 Å². The van der Waals surface area contributed by atoms with Gasteiger partial charge in [0.1, 0.15) is 11.4 Å². The topological polar surface area (TPSA) is 86.2 Å². The highest BCUT2D eigenvalue weighted by molar-refractivity contribution is 8.00. The van der Waals surface area contributed by atoms with E-state index < -0.39 is 5.25 Å². The molecule has 1 aliphatic rings. The van der Waals surface area contributed by atoms with Crippen molar-refractivity contribution in [3.8, 4) is 34.0 Å². The van der Waals surface area contributed by atoms with E-state index in [0.717, 1.165) is 16.8 Å². The van der Waals surface area contributed by atoms with Crippen LogP contribution in [0.2, 0.25) is 0 Å². The van der Waals surface area contributed by atoms with E-state index in [0.29, 0.717) is 28.0 Å². The second kappa shape index (κ2) is 9.30. The summed E-state index contributed by atoms with van der Waals surface area (Å²) in [5.41, 5.74) is 3.93. The maximum absolute atomic E-state index is 12.8. The summed E-state index contributed by atoms with van der Waals surface area (Å²) in [4.78, 5) is 17.5. The SMILES string of the molecule is C[C@@H](Sc1nnc(-c2ccccc2)c(-c2ccccc2)n1)C(=O)Nc1ccc2c(c1)OCO2. The molecule has 5 rings (SSSR count). The maximum Gasteiger partial charge on any atom is 0.237 e. The van der Waals surface area contributed by atoms with Gasteiger partial charge in [-0.3, -0.25) is 4.79 Å². The standard InChI is InChI=1S/C25H20N4O3S/c1-16(24(30)26-19-12-13-20-21(14-19)32-15-31-20)33-25-27-22(17-8-4-2-5-9-17)23(28-29-25)18-10-6-3-7-11-18/h2-14,16H,15H2,1H3,(H,26,30)/t16-/m1/s1. The van der Waals surface area contributed by atoms with Gasteiger partial charge in [0.25, 0.3) is 0 Å². The van der Waals surface area contributed by atoms with Gasteiger partial charge in [-0.25, -0.2) is 4.98 Å². The lowest BCUT2D eigenvalue weighted by molar-refractivity contribution is -0.115. The average molecular weight is 457 g/mol. The first-order chi connectivity index (χ1) is 16.2. The van der Waals surface area contributed by atoms with Crippen LogP contribution in [0, 0.1) is 0 Å². The molecule has 164 valence electrons. The van der Waals surface area contributed by atoms with Gasteiger partial charge in [0.2, 0.25) is 17.9 Å². The Morgan fingerprint density at radius 3 is 2.27 bits per heavy atom. The van der Waals surface area contributed by atoms with Gasteiger partial charge in [-0.15, -0.1) is 10.2 Å². The van der Waals surface area contributed by atoms with Crippen LogP contribution < -0.4 is 14.8 Å². The monoisotopic (exact) mass is 456 g/mol. The molecule has 1 atom stereocenters. The predicted molar refractivity (Wildman–Crippen MR) is 127 cm³/mol. The number of carbonyl (C=O) groups excluding carboxylic acids is 1. The summed E-state index contributed by atoms with van der Waals surface area (Å²) < 4.78 is 10.7. The zero-order chi connectivity index (χ0) is 22.6. The lowest BCUT2D eigenvalue weighted by atomic mass is 10.0. The van der Waals surface area contributed by atoms with Gasteiger partial charge in [-0.2, -0.15) is 0 Å². The van der Waals surface area contributed by atoms with E-state index in [9.17, 15) is 4.79 Å². The molecule has 0 aliphatic carbocycles. The van der Waals surface area contributed by atoms with Crippen LogP contribution in [-0.2, 0) is 4.79 Å².